The fraction of sp³-hybridized carbons (Fsp3) is 0.600. The van der Waals surface area contributed by atoms with Crippen LogP contribution >= 0.6 is 0 Å². The van der Waals surface area contributed by atoms with Gasteiger partial charge in [0.25, 0.3) is 0 Å². The molecule has 18 heavy (non-hydrogen) atoms. The highest BCUT2D eigenvalue weighted by atomic mass is 19.1. The zero-order chi connectivity index (χ0) is 13.2. The maximum Gasteiger partial charge on any atom is 0.146 e. The number of rotatable bonds is 3. The molecule has 3 heteroatoms. The fourth-order valence-corrected chi connectivity index (χ4v) is 2.85. The van der Waals surface area contributed by atoms with E-state index in [2.05, 4.69) is 19.2 Å². The Kier molecular flexibility index (Phi) is 3.91. The number of hydrogen-bond donors (Lipinski definition) is 2. The maximum atomic E-state index is 13.7. The lowest BCUT2D eigenvalue weighted by Crippen LogP contribution is -2.47. The highest BCUT2D eigenvalue weighted by Crippen LogP contribution is 2.38. The zero-order valence-electron chi connectivity index (χ0n) is 11.1. The van der Waals surface area contributed by atoms with Crippen LogP contribution in [-0.4, -0.2) is 17.3 Å². The molecule has 3 unspecified atom stereocenters. The van der Waals surface area contributed by atoms with Gasteiger partial charge < -0.3 is 10.4 Å². The minimum absolute atomic E-state index is 0.0540. The Morgan fingerprint density at radius 1 is 1.33 bits per heavy atom. The normalized spacial score (nSPS) is 32.2. The lowest BCUT2D eigenvalue weighted by Gasteiger charge is -2.43. The van der Waals surface area contributed by atoms with E-state index in [0.29, 0.717) is 17.5 Å². The number of hydrogen-bond acceptors (Lipinski definition) is 2. The Morgan fingerprint density at radius 3 is 2.67 bits per heavy atom. The second-order valence-corrected chi connectivity index (χ2v) is 5.74. The highest BCUT2D eigenvalue weighted by Gasteiger charge is 2.37. The van der Waals surface area contributed by atoms with Gasteiger partial charge in [0.2, 0.25) is 0 Å². The molecule has 0 aliphatic heterocycles. The van der Waals surface area contributed by atoms with E-state index >= 15 is 0 Å². The third-order valence-corrected chi connectivity index (χ3v) is 4.34. The summed E-state index contributed by atoms with van der Waals surface area (Å²) in [5, 5.41) is 13.0. The van der Waals surface area contributed by atoms with E-state index in [1.54, 1.807) is 12.1 Å². The number of anilines is 1. The SMILES string of the molecule is CC1CCC(CO)(Nc2ccccc2F)CC1C. The number of benzene rings is 1. The molecule has 0 saturated heterocycles. The molecular weight excluding hydrogens is 229 g/mol. The van der Waals surface area contributed by atoms with Crippen LogP contribution < -0.4 is 5.32 Å². The van der Waals surface area contributed by atoms with E-state index in [4.69, 9.17) is 0 Å². The van der Waals surface area contributed by atoms with Crippen LogP contribution in [0.2, 0.25) is 0 Å². The third kappa shape index (κ3) is 2.66. The van der Waals surface area contributed by atoms with Gasteiger partial charge in [-0.2, -0.15) is 0 Å². The number of halogens is 1. The average molecular weight is 251 g/mol. The van der Waals surface area contributed by atoms with Crippen molar-refractivity contribution in [3.8, 4) is 0 Å². The van der Waals surface area contributed by atoms with Gasteiger partial charge in [-0.15, -0.1) is 0 Å². The van der Waals surface area contributed by atoms with Crippen molar-refractivity contribution in [1.82, 2.24) is 0 Å². The van der Waals surface area contributed by atoms with Crippen LogP contribution in [0.15, 0.2) is 24.3 Å². The van der Waals surface area contributed by atoms with Crippen molar-refractivity contribution in [3.63, 3.8) is 0 Å². The average Bonchev–Trinajstić information content (AvgIpc) is 2.37. The standard InChI is InChI=1S/C15H22FNO/c1-11-7-8-15(10-18,9-12(11)2)17-14-6-4-3-5-13(14)16/h3-6,11-12,17-18H,7-10H2,1-2H3. The van der Waals surface area contributed by atoms with Crippen LogP contribution in [0, 0.1) is 17.7 Å². The molecule has 1 aliphatic carbocycles. The molecule has 1 aromatic carbocycles. The fourth-order valence-electron chi connectivity index (χ4n) is 2.85. The summed E-state index contributed by atoms with van der Waals surface area (Å²) in [5.74, 6) is 0.967. The minimum atomic E-state index is -0.367. The first-order valence-corrected chi connectivity index (χ1v) is 6.70. The Labute approximate surface area is 108 Å². The predicted molar refractivity (Wildman–Crippen MR) is 72.0 cm³/mol. The van der Waals surface area contributed by atoms with Crippen LogP contribution in [0.4, 0.5) is 10.1 Å². The van der Waals surface area contributed by atoms with E-state index in [0.717, 1.165) is 19.3 Å². The summed E-state index contributed by atoms with van der Waals surface area (Å²) in [5.41, 5.74) is 0.127. The molecule has 0 aromatic heterocycles. The van der Waals surface area contributed by atoms with Crippen molar-refractivity contribution < 1.29 is 9.50 Å². The van der Waals surface area contributed by atoms with Gasteiger partial charge in [0.05, 0.1) is 17.8 Å². The first-order chi connectivity index (χ1) is 8.56. The molecule has 0 amide bonds. The Balaban J connectivity index is 2.16. The zero-order valence-corrected chi connectivity index (χ0v) is 11.1. The summed E-state index contributed by atoms with van der Waals surface area (Å²) in [4.78, 5) is 0. The molecule has 1 saturated carbocycles. The van der Waals surface area contributed by atoms with Gasteiger partial charge in [0.1, 0.15) is 5.82 Å². The molecule has 1 fully saturated rings. The van der Waals surface area contributed by atoms with Gasteiger partial charge in [-0.1, -0.05) is 26.0 Å². The van der Waals surface area contributed by atoms with Gasteiger partial charge in [0, 0.05) is 0 Å². The van der Waals surface area contributed by atoms with E-state index in [1.807, 2.05) is 6.07 Å². The second-order valence-electron chi connectivity index (χ2n) is 5.74. The van der Waals surface area contributed by atoms with Crippen molar-refractivity contribution in [2.45, 2.75) is 38.6 Å². The van der Waals surface area contributed by atoms with E-state index in [9.17, 15) is 9.50 Å². The molecule has 3 atom stereocenters. The molecule has 1 aromatic rings. The molecule has 0 bridgehead atoms. The second kappa shape index (κ2) is 5.27. The Hall–Kier alpha value is -1.09. The summed E-state index contributed by atoms with van der Waals surface area (Å²) >= 11 is 0. The molecule has 2 rings (SSSR count). The number of aliphatic hydroxyl groups excluding tert-OH is 1. The number of para-hydroxylation sites is 1. The molecule has 0 heterocycles. The lowest BCUT2D eigenvalue weighted by atomic mass is 9.71. The van der Waals surface area contributed by atoms with Crippen molar-refractivity contribution in [2.75, 3.05) is 11.9 Å². The molecule has 0 radical (unpaired) electrons. The quantitative estimate of drug-likeness (QED) is 0.862. The predicted octanol–water partition coefficient (Wildman–Crippen LogP) is 3.42. The van der Waals surface area contributed by atoms with Crippen LogP contribution in [0.1, 0.15) is 33.1 Å². The van der Waals surface area contributed by atoms with Crippen molar-refractivity contribution >= 4 is 5.69 Å². The summed E-state index contributed by atoms with van der Waals surface area (Å²) in [6.07, 6.45) is 2.85. The summed E-state index contributed by atoms with van der Waals surface area (Å²) in [6, 6.07) is 6.67. The molecule has 2 N–H and O–H groups in total. The molecule has 100 valence electrons. The summed E-state index contributed by atoms with van der Waals surface area (Å²) in [6.45, 7) is 4.50. The first kappa shape index (κ1) is 13.3. The van der Waals surface area contributed by atoms with Crippen LogP contribution in [0.25, 0.3) is 0 Å². The van der Waals surface area contributed by atoms with E-state index in [1.165, 1.54) is 6.07 Å². The van der Waals surface area contributed by atoms with Gasteiger partial charge in [-0.05, 0) is 43.2 Å². The smallest absolute Gasteiger partial charge is 0.146 e. The monoisotopic (exact) mass is 251 g/mol. The number of aliphatic hydroxyl groups is 1. The Bertz CT molecular complexity index is 409. The van der Waals surface area contributed by atoms with E-state index in [-0.39, 0.29) is 18.0 Å². The first-order valence-electron chi connectivity index (χ1n) is 6.70. The largest absolute Gasteiger partial charge is 0.394 e. The van der Waals surface area contributed by atoms with E-state index < -0.39 is 0 Å². The molecular formula is C15H22FNO. The Morgan fingerprint density at radius 2 is 2.06 bits per heavy atom. The minimum Gasteiger partial charge on any atom is -0.394 e. The lowest BCUT2D eigenvalue weighted by molar-refractivity contribution is 0.121. The van der Waals surface area contributed by atoms with Crippen molar-refractivity contribution in [3.05, 3.63) is 30.1 Å². The van der Waals surface area contributed by atoms with Gasteiger partial charge >= 0.3 is 0 Å². The summed E-state index contributed by atoms with van der Waals surface area (Å²) < 4.78 is 13.7. The van der Waals surface area contributed by atoms with Crippen molar-refractivity contribution in [1.29, 1.82) is 0 Å². The van der Waals surface area contributed by atoms with Gasteiger partial charge in [-0.3, -0.25) is 0 Å². The topological polar surface area (TPSA) is 32.3 Å². The summed E-state index contributed by atoms with van der Waals surface area (Å²) in [7, 11) is 0. The maximum absolute atomic E-state index is 13.7. The molecule has 1 aliphatic rings. The van der Waals surface area contributed by atoms with Crippen LogP contribution in [0.5, 0.6) is 0 Å². The van der Waals surface area contributed by atoms with Crippen LogP contribution in [-0.2, 0) is 0 Å². The van der Waals surface area contributed by atoms with Crippen LogP contribution in [0.3, 0.4) is 0 Å². The molecule has 0 spiro atoms. The van der Waals surface area contributed by atoms with Gasteiger partial charge in [-0.25, -0.2) is 4.39 Å². The van der Waals surface area contributed by atoms with Crippen molar-refractivity contribution in [2.24, 2.45) is 11.8 Å². The highest BCUT2D eigenvalue weighted by molar-refractivity contribution is 5.47. The third-order valence-electron chi connectivity index (χ3n) is 4.34. The number of nitrogens with one attached hydrogen (secondary N) is 1. The van der Waals surface area contributed by atoms with Gasteiger partial charge in [0.15, 0.2) is 0 Å². The molecule has 2 nitrogen and oxygen atoms in total.